The Morgan fingerprint density at radius 3 is 2.47 bits per heavy atom. The number of aromatic hydroxyl groups is 1. The molecule has 0 radical (unpaired) electrons. The SMILES string of the molecule is COc1cc(C=Nn2c(-c3ccco3)csc2=Nc2ccc(F)cc2F)cc(OC)c1O. The molecule has 1 N–H and O–H groups in total. The summed E-state index contributed by atoms with van der Waals surface area (Å²) in [4.78, 5) is 4.63. The molecule has 0 fully saturated rings. The van der Waals surface area contributed by atoms with Crippen LogP contribution in [0.25, 0.3) is 11.5 Å². The lowest BCUT2D eigenvalue weighted by Gasteiger charge is -2.09. The second-order valence-corrected chi connectivity index (χ2v) is 7.26. The number of phenols is 1. The fraction of sp³-hybridized carbons (Fsp3) is 0.0909. The van der Waals surface area contributed by atoms with Crippen molar-refractivity contribution in [3.63, 3.8) is 0 Å². The predicted octanol–water partition coefficient (Wildman–Crippen LogP) is 4.93. The smallest absolute Gasteiger partial charge is 0.211 e. The minimum Gasteiger partial charge on any atom is -0.502 e. The molecule has 32 heavy (non-hydrogen) atoms. The standard InChI is InChI=1S/C22H17F2N3O4S/c1-29-19-8-13(9-20(30-2)21(19)28)11-25-27-17(18-4-3-7-31-18)12-32-22(27)26-16-6-5-14(23)10-15(16)24/h3-12,28H,1-2H3. The summed E-state index contributed by atoms with van der Waals surface area (Å²) in [5.41, 5.74) is 1.12. The highest BCUT2D eigenvalue weighted by atomic mass is 32.1. The Morgan fingerprint density at radius 1 is 1.09 bits per heavy atom. The topological polar surface area (TPSA) is 81.5 Å². The highest BCUT2D eigenvalue weighted by molar-refractivity contribution is 7.07. The van der Waals surface area contributed by atoms with Gasteiger partial charge in [-0.05, 0) is 36.4 Å². The molecule has 0 bridgehead atoms. The molecule has 2 aromatic carbocycles. The van der Waals surface area contributed by atoms with Crippen LogP contribution in [0.2, 0.25) is 0 Å². The number of ether oxygens (including phenoxy) is 2. The van der Waals surface area contributed by atoms with Gasteiger partial charge in [0.05, 0.1) is 26.7 Å². The minimum absolute atomic E-state index is 0.0313. The van der Waals surface area contributed by atoms with Crippen LogP contribution in [-0.2, 0) is 0 Å². The fourth-order valence-corrected chi connectivity index (χ4v) is 3.70. The van der Waals surface area contributed by atoms with E-state index in [0.717, 1.165) is 12.1 Å². The molecule has 164 valence electrons. The summed E-state index contributed by atoms with van der Waals surface area (Å²) in [6, 6.07) is 9.79. The largest absolute Gasteiger partial charge is 0.502 e. The van der Waals surface area contributed by atoms with Gasteiger partial charge in [0.25, 0.3) is 0 Å². The molecule has 7 nitrogen and oxygen atoms in total. The minimum atomic E-state index is -0.790. The first-order valence-electron chi connectivity index (χ1n) is 9.23. The number of nitrogens with zero attached hydrogens (tertiary/aromatic N) is 3. The fourth-order valence-electron chi connectivity index (χ4n) is 2.87. The second-order valence-electron chi connectivity index (χ2n) is 6.42. The van der Waals surface area contributed by atoms with E-state index < -0.39 is 11.6 Å². The van der Waals surface area contributed by atoms with Crippen molar-refractivity contribution in [2.24, 2.45) is 10.1 Å². The summed E-state index contributed by atoms with van der Waals surface area (Å²) >= 11 is 1.21. The van der Waals surface area contributed by atoms with Gasteiger partial charge >= 0.3 is 0 Å². The van der Waals surface area contributed by atoms with Crippen LogP contribution in [0.1, 0.15) is 5.56 Å². The number of aromatic nitrogens is 1. The van der Waals surface area contributed by atoms with Crippen molar-refractivity contribution in [2.45, 2.75) is 0 Å². The number of hydrogen-bond acceptors (Lipinski definition) is 7. The monoisotopic (exact) mass is 457 g/mol. The van der Waals surface area contributed by atoms with Crippen LogP contribution < -0.4 is 14.3 Å². The first kappa shape index (κ1) is 21.3. The van der Waals surface area contributed by atoms with Crippen LogP contribution >= 0.6 is 11.3 Å². The normalized spacial score (nSPS) is 11.9. The lowest BCUT2D eigenvalue weighted by Crippen LogP contribution is -2.11. The summed E-state index contributed by atoms with van der Waals surface area (Å²) in [5.74, 6) is -0.655. The molecule has 4 aromatic rings. The number of hydrogen-bond donors (Lipinski definition) is 1. The number of phenolic OH excluding ortho intramolecular Hbond substituents is 1. The average molecular weight is 457 g/mol. The molecule has 0 aliphatic carbocycles. The van der Waals surface area contributed by atoms with Gasteiger partial charge in [-0.1, -0.05) is 0 Å². The Balaban J connectivity index is 1.84. The number of methoxy groups -OCH3 is 2. The summed E-state index contributed by atoms with van der Waals surface area (Å²) in [5, 5.41) is 16.3. The summed E-state index contributed by atoms with van der Waals surface area (Å²) in [6.45, 7) is 0. The third-order valence-corrected chi connectivity index (χ3v) is 5.23. The van der Waals surface area contributed by atoms with Crippen LogP contribution in [0.5, 0.6) is 17.2 Å². The van der Waals surface area contributed by atoms with Crippen molar-refractivity contribution in [3.05, 3.63) is 76.1 Å². The van der Waals surface area contributed by atoms with E-state index in [0.29, 0.717) is 21.8 Å². The van der Waals surface area contributed by atoms with Crippen molar-refractivity contribution in [2.75, 3.05) is 14.2 Å². The summed E-state index contributed by atoms with van der Waals surface area (Å²) in [6.07, 6.45) is 3.02. The molecule has 0 aliphatic heterocycles. The average Bonchev–Trinajstić information content (AvgIpc) is 3.44. The Kier molecular flexibility index (Phi) is 6.04. The zero-order valence-electron chi connectivity index (χ0n) is 17.0. The molecule has 2 aromatic heterocycles. The molecule has 2 heterocycles. The molecule has 0 atom stereocenters. The van der Waals surface area contributed by atoms with Crippen LogP contribution in [-0.4, -0.2) is 30.2 Å². The molecular formula is C22H17F2N3O4S. The predicted molar refractivity (Wildman–Crippen MR) is 116 cm³/mol. The third kappa shape index (κ3) is 4.26. The van der Waals surface area contributed by atoms with E-state index >= 15 is 0 Å². The molecule has 0 saturated carbocycles. The molecule has 4 rings (SSSR count). The van der Waals surface area contributed by atoms with Crippen LogP contribution in [0.3, 0.4) is 0 Å². The molecule has 0 aliphatic rings. The van der Waals surface area contributed by atoms with Gasteiger partial charge in [0, 0.05) is 17.0 Å². The van der Waals surface area contributed by atoms with Gasteiger partial charge in [0.2, 0.25) is 10.6 Å². The molecule has 0 amide bonds. The van der Waals surface area contributed by atoms with E-state index in [-0.39, 0.29) is 22.9 Å². The molecule has 10 heteroatoms. The van der Waals surface area contributed by atoms with Crippen LogP contribution in [0.4, 0.5) is 14.5 Å². The zero-order chi connectivity index (χ0) is 22.7. The number of halogens is 2. The van der Waals surface area contributed by atoms with E-state index in [1.165, 1.54) is 48.8 Å². The maximum absolute atomic E-state index is 14.2. The number of rotatable bonds is 6. The van der Waals surface area contributed by atoms with E-state index in [2.05, 4.69) is 10.1 Å². The maximum Gasteiger partial charge on any atom is 0.211 e. The van der Waals surface area contributed by atoms with Crippen molar-refractivity contribution in [3.8, 4) is 28.7 Å². The molecular weight excluding hydrogens is 440 g/mol. The molecule has 0 unspecified atom stereocenters. The molecule has 0 saturated heterocycles. The third-order valence-electron chi connectivity index (χ3n) is 4.41. The number of furan rings is 1. The van der Waals surface area contributed by atoms with E-state index in [4.69, 9.17) is 13.9 Å². The van der Waals surface area contributed by atoms with Crippen LogP contribution in [0, 0.1) is 11.6 Å². The maximum atomic E-state index is 14.2. The Labute approximate surface area is 185 Å². The number of benzene rings is 2. The number of thiazole rings is 1. The first-order valence-corrected chi connectivity index (χ1v) is 10.1. The molecule has 0 spiro atoms. The highest BCUT2D eigenvalue weighted by Crippen LogP contribution is 2.36. The highest BCUT2D eigenvalue weighted by Gasteiger charge is 2.13. The van der Waals surface area contributed by atoms with Gasteiger partial charge in [0.15, 0.2) is 23.1 Å². The Bertz CT molecular complexity index is 1320. The van der Waals surface area contributed by atoms with Gasteiger partial charge in [-0.3, -0.25) is 0 Å². The Hall–Kier alpha value is -3.92. The van der Waals surface area contributed by atoms with Gasteiger partial charge in [-0.15, -0.1) is 11.3 Å². The van der Waals surface area contributed by atoms with E-state index in [9.17, 15) is 13.9 Å². The van der Waals surface area contributed by atoms with Gasteiger partial charge in [-0.2, -0.15) is 5.10 Å². The van der Waals surface area contributed by atoms with Crippen molar-refractivity contribution in [1.29, 1.82) is 0 Å². The van der Waals surface area contributed by atoms with Crippen molar-refractivity contribution in [1.82, 2.24) is 4.68 Å². The summed E-state index contributed by atoms with van der Waals surface area (Å²) in [7, 11) is 2.85. The quantitative estimate of drug-likeness (QED) is 0.417. The Morgan fingerprint density at radius 2 is 1.84 bits per heavy atom. The van der Waals surface area contributed by atoms with Crippen molar-refractivity contribution < 1.29 is 27.8 Å². The van der Waals surface area contributed by atoms with Gasteiger partial charge in [-0.25, -0.2) is 18.4 Å². The van der Waals surface area contributed by atoms with Gasteiger partial charge < -0.3 is 19.0 Å². The summed E-state index contributed by atoms with van der Waals surface area (Å²) < 4.78 is 44.7. The second kappa shape index (κ2) is 9.06. The zero-order valence-corrected chi connectivity index (χ0v) is 17.8. The van der Waals surface area contributed by atoms with E-state index in [1.54, 1.807) is 29.6 Å². The first-order chi connectivity index (χ1) is 15.5. The van der Waals surface area contributed by atoms with E-state index in [1.807, 2.05) is 0 Å². The van der Waals surface area contributed by atoms with Gasteiger partial charge in [0.1, 0.15) is 17.2 Å². The lowest BCUT2D eigenvalue weighted by molar-refractivity contribution is 0.340. The lowest BCUT2D eigenvalue weighted by atomic mass is 10.2. The van der Waals surface area contributed by atoms with Crippen LogP contribution in [0.15, 0.2) is 68.6 Å². The van der Waals surface area contributed by atoms with Crippen molar-refractivity contribution >= 4 is 23.2 Å².